The van der Waals surface area contributed by atoms with E-state index in [1.807, 2.05) is 60.8 Å². The van der Waals surface area contributed by atoms with Crippen LogP contribution in [-0.2, 0) is 4.74 Å². The third kappa shape index (κ3) is 3.37. The van der Waals surface area contributed by atoms with E-state index in [0.29, 0.717) is 13.2 Å². The summed E-state index contributed by atoms with van der Waals surface area (Å²) in [6.45, 7) is 0.738. The molecular formula is C26H22N2O2. The molecule has 0 atom stereocenters. The van der Waals surface area contributed by atoms with E-state index in [-0.39, 0.29) is 5.92 Å². The maximum absolute atomic E-state index is 12.2. The number of ether oxygens (including phenoxy) is 1. The number of hydrogen-bond acceptors (Lipinski definition) is 2. The van der Waals surface area contributed by atoms with Gasteiger partial charge in [0, 0.05) is 29.6 Å². The molecule has 4 aromatic rings. The lowest BCUT2D eigenvalue weighted by Gasteiger charge is -2.14. The van der Waals surface area contributed by atoms with Crippen LogP contribution in [-0.4, -0.2) is 24.2 Å². The first-order valence-electron chi connectivity index (χ1n) is 10.1. The van der Waals surface area contributed by atoms with E-state index in [9.17, 15) is 4.79 Å². The van der Waals surface area contributed by atoms with Gasteiger partial charge in [0.2, 0.25) is 0 Å². The van der Waals surface area contributed by atoms with Crippen LogP contribution in [0.3, 0.4) is 0 Å². The van der Waals surface area contributed by atoms with Crippen LogP contribution in [0.4, 0.5) is 4.79 Å². The van der Waals surface area contributed by atoms with Crippen molar-refractivity contribution < 1.29 is 9.53 Å². The predicted molar refractivity (Wildman–Crippen MR) is 120 cm³/mol. The molecule has 2 N–H and O–H groups in total. The van der Waals surface area contributed by atoms with Gasteiger partial charge >= 0.3 is 6.09 Å². The van der Waals surface area contributed by atoms with E-state index in [2.05, 4.69) is 40.6 Å². The van der Waals surface area contributed by atoms with Gasteiger partial charge in [-0.15, -0.1) is 0 Å². The number of benzene rings is 3. The summed E-state index contributed by atoms with van der Waals surface area (Å²) in [7, 11) is 0. The summed E-state index contributed by atoms with van der Waals surface area (Å²) in [5.74, 6) is 0.0740. The lowest BCUT2D eigenvalue weighted by atomic mass is 9.98. The van der Waals surface area contributed by atoms with Crippen molar-refractivity contribution >= 4 is 23.1 Å². The smallest absolute Gasteiger partial charge is 0.407 e. The molecule has 0 aliphatic heterocycles. The minimum atomic E-state index is -0.402. The van der Waals surface area contributed by atoms with Gasteiger partial charge in [0.15, 0.2) is 0 Å². The lowest BCUT2D eigenvalue weighted by Crippen LogP contribution is -2.26. The van der Waals surface area contributed by atoms with Crippen molar-refractivity contribution in [1.29, 1.82) is 0 Å². The zero-order valence-electron chi connectivity index (χ0n) is 16.5. The molecule has 5 rings (SSSR count). The number of para-hydroxylation sites is 1. The molecule has 4 heteroatoms. The highest BCUT2D eigenvalue weighted by atomic mass is 16.5. The monoisotopic (exact) mass is 394 g/mol. The Bertz CT molecular complexity index is 1190. The first kappa shape index (κ1) is 18.3. The average molecular weight is 394 g/mol. The molecule has 0 fully saturated rings. The fourth-order valence-electron chi connectivity index (χ4n) is 4.21. The number of carbonyl (C=O) groups is 1. The molecule has 1 aliphatic rings. The molecule has 0 unspecified atom stereocenters. The van der Waals surface area contributed by atoms with Gasteiger partial charge in [0.1, 0.15) is 6.61 Å². The van der Waals surface area contributed by atoms with Crippen LogP contribution in [0, 0.1) is 0 Å². The SMILES string of the molecule is O=C(NCC=Cc1c[nH]c2ccccc12)OCC1c2ccccc2-c2ccccc21. The number of nitrogens with one attached hydrogen (secondary N) is 2. The van der Waals surface area contributed by atoms with Crippen molar-refractivity contribution in [3.63, 3.8) is 0 Å². The molecule has 4 nitrogen and oxygen atoms in total. The van der Waals surface area contributed by atoms with Crippen LogP contribution in [0.2, 0.25) is 0 Å². The normalized spacial score (nSPS) is 12.8. The van der Waals surface area contributed by atoms with E-state index in [1.54, 1.807) is 0 Å². The molecule has 0 spiro atoms. The Morgan fingerprint density at radius 3 is 2.37 bits per heavy atom. The second-order valence-electron chi connectivity index (χ2n) is 7.40. The summed E-state index contributed by atoms with van der Waals surface area (Å²) in [6, 6.07) is 24.8. The van der Waals surface area contributed by atoms with Gasteiger partial charge in [-0.1, -0.05) is 78.9 Å². The number of H-pyrrole nitrogens is 1. The highest BCUT2D eigenvalue weighted by Gasteiger charge is 2.28. The quantitative estimate of drug-likeness (QED) is 0.455. The lowest BCUT2D eigenvalue weighted by molar-refractivity contribution is 0.144. The zero-order valence-corrected chi connectivity index (χ0v) is 16.5. The van der Waals surface area contributed by atoms with Crippen molar-refractivity contribution in [2.75, 3.05) is 13.2 Å². The van der Waals surface area contributed by atoms with Gasteiger partial charge in [-0.05, 0) is 33.9 Å². The van der Waals surface area contributed by atoms with Gasteiger partial charge in [-0.2, -0.15) is 0 Å². The summed E-state index contributed by atoms with van der Waals surface area (Å²) in [4.78, 5) is 15.5. The van der Waals surface area contributed by atoms with Gasteiger partial charge in [-0.3, -0.25) is 0 Å². The molecule has 1 heterocycles. The minimum absolute atomic E-state index is 0.0740. The van der Waals surface area contributed by atoms with Crippen molar-refractivity contribution in [3.05, 3.63) is 102 Å². The Morgan fingerprint density at radius 2 is 1.60 bits per heavy atom. The van der Waals surface area contributed by atoms with Crippen molar-refractivity contribution in [1.82, 2.24) is 10.3 Å². The number of rotatable bonds is 5. The van der Waals surface area contributed by atoms with E-state index < -0.39 is 6.09 Å². The van der Waals surface area contributed by atoms with Crippen LogP contribution < -0.4 is 5.32 Å². The number of amides is 1. The molecule has 1 amide bonds. The topological polar surface area (TPSA) is 54.1 Å². The molecule has 1 aliphatic carbocycles. The summed E-state index contributed by atoms with van der Waals surface area (Å²) in [6.07, 6.45) is 5.49. The molecule has 1 aromatic heterocycles. The third-order valence-electron chi connectivity index (χ3n) is 5.63. The van der Waals surface area contributed by atoms with E-state index in [0.717, 1.165) is 16.5 Å². The second kappa shape index (κ2) is 7.91. The Morgan fingerprint density at radius 1 is 0.933 bits per heavy atom. The Kier molecular flexibility index (Phi) is 4.81. The van der Waals surface area contributed by atoms with Crippen molar-refractivity contribution in [3.8, 4) is 11.1 Å². The summed E-state index contributed by atoms with van der Waals surface area (Å²) < 4.78 is 5.56. The molecule has 0 saturated carbocycles. The standard InChI is InChI=1S/C26H22N2O2/c29-26(27-15-7-8-18-16-28-25-14-6-5-9-19(18)25)30-17-24-22-12-3-1-10-20(22)21-11-2-4-13-23(21)24/h1-14,16,24,28H,15,17H2,(H,27,29). The van der Waals surface area contributed by atoms with E-state index >= 15 is 0 Å². The van der Waals surface area contributed by atoms with Crippen molar-refractivity contribution in [2.24, 2.45) is 0 Å². The minimum Gasteiger partial charge on any atom is -0.449 e. The molecule has 0 bridgehead atoms. The Balaban J connectivity index is 1.19. The van der Waals surface area contributed by atoms with Gasteiger partial charge in [-0.25, -0.2) is 4.79 Å². The summed E-state index contributed by atoms with van der Waals surface area (Å²) in [5.41, 5.74) is 7.07. The van der Waals surface area contributed by atoms with Gasteiger partial charge in [0.25, 0.3) is 0 Å². The Labute approximate surface area is 175 Å². The third-order valence-corrected chi connectivity index (χ3v) is 5.63. The van der Waals surface area contributed by atoms with Crippen LogP contribution in [0.15, 0.2) is 85.1 Å². The maximum Gasteiger partial charge on any atom is 0.407 e. The molecule has 3 aromatic carbocycles. The zero-order chi connectivity index (χ0) is 20.3. The molecular weight excluding hydrogens is 372 g/mol. The number of aromatic amines is 1. The van der Waals surface area contributed by atoms with Crippen molar-refractivity contribution in [2.45, 2.75) is 5.92 Å². The fraction of sp³-hybridized carbons (Fsp3) is 0.115. The number of hydrogen-bond donors (Lipinski definition) is 2. The largest absolute Gasteiger partial charge is 0.449 e. The van der Waals surface area contributed by atoms with Gasteiger partial charge in [0.05, 0.1) is 0 Å². The Hall–Kier alpha value is -3.79. The highest BCUT2D eigenvalue weighted by molar-refractivity contribution is 5.88. The average Bonchev–Trinajstić information content (AvgIpc) is 3.34. The number of alkyl carbamates (subject to hydrolysis) is 1. The number of fused-ring (bicyclic) bond motifs is 4. The van der Waals surface area contributed by atoms with Crippen LogP contribution in [0.1, 0.15) is 22.6 Å². The first-order valence-corrected chi connectivity index (χ1v) is 10.1. The number of aromatic nitrogens is 1. The highest BCUT2D eigenvalue weighted by Crippen LogP contribution is 2.44. The molecule has 0 saturated heterocycles. The van der Waals surface area contributed by atoms with E-state index in [1.165, 1.54) is 22.3 Å². The first-order chi connectivity index (χ1) is 14.8. The van der Waals surface area contributed by atoms with Gasteiger partial charge < -0.3 is 15.0 Å². The second-order valence-corrected chi connectivity index (χ2v) is 7.40. The summed E-state index contributed by atoms with van der Waals surface area (Å²) >= 11 is 0. The molecule has 0 radical (unpaired) electrons. The van der Waals surface area contributed by atoms with E-state index in [4.69, 9.17) is 4.74 Å². The van der Waals surface area contributed by atoms with Crippen LogP contribution in [0.25, 0.3) is 28.1 Å². The number of carbonyl (C=O) groups excluding carboxylic acids is 1. The summed E-state index contributed by atoms with van der Waals surface area (Å²) in [5, 5.41) is 3.97. The van der Waals surface area contributed by atoms with Crippen LogP contribution >= 0.6 is 0 Å². The van der Waals surface area contributed by atoms with Crippen LogP contribution in [0.5, 0.6) is 0 Å². The fourth-order valence-corrected chi connectivity index (χ4v) is 4.21. The molecule has 148 valence electrons. The maximum atomic E-state index is 12.2. The molecule has 30 heavy (non-hydrogen) atoms. The predicted octanol–water partition coefficient (Wildman–Crippen LogP) is 5.72.